The van der Waals surface area contributed by atoms with Gasteiger partial charge in [-0.3, -0.25) is 0 Å². The Balaban J connectivity index is 1.93. The molecule has 1 saturated heterocycles. The van der Waals surface area contributed by atoms with Crippen molar-refractivity contribution in [2.45, 2.75) is 12.8 Å². The van der Waals surface area contributed by atoms with Crippen LogP contribution in [-0.4, -0.2) is 28.0 Å². The van der Waals surface area contributed by atoms with E-state index in [9.17, 15) is 0 Å². The summed E-state index contributed by atoms with van der Waals surface area (Å²) in [5.74, 6) is 1.02. The summed E-state index contributed by atoms with van der Waals surface area (Å²) in [6.07, 6.45) is 6.07. The number of fused-ring (bicyclic) bond motifs is 1. The Morgan fingerprint density at radius 3 is 2.81 bits per heavy atom. The van der Waals surface area contributed by atoms with Gasteiger partial charge in [0, 0.05) is 29.9 Å². The number of aromatic amines is 1. The maximum absolute atomic E-state index is 6.13. The van der Waals surface area contributed by atoms with E-state index in [1.165, 1.54) is 12.8 Å². The van der Waals surface area contributed by atoms with Gasteiger partial charge in [0.1, 0.15) is 17.8 Å². The lowest BCUT2D eigenvalue weighted by Gasteiger charge is -2.17. The lowest BCUT2D eigenvalue weighted by Crippen LogP contribution is -2.19. The highest BCUT2D eigenvalue weighted by Crippen LogP contribution is 2.35. The van der Waals surface area contributed by atoms with Crippen LogP contribution in [0.5, 0.6) is 0 Å². The summed E-state index contributed by atoms with van der Waals surface area (Å²) in [6.45, 7) is 2.12. The average molecular weight is 299 g/mol. The van der Waals surface area contributed by atoms with Gasteiger partial charge in [0.05, 0.1) is 5.39 Å². The molecule has 0 aliphatic carbocycles. The fourth-order valence-electron chi connectivity index (χ4n) is 3.00. The topological polar surface area (TPSA) is 44.8 Å². The molecule has 2 aromatic heterocycles. The van der Waals surface area contributed by atoms with E-state index in [-0.39, 0.29) is 0 Å². The zero-order valence-corrected chi connectivity index (χ0v) is 12.3. The molecule has 1 aliphatic rings. The quantitative estimate of drug-likeness (QED) is 0.781. The van der Waals surface area contributed by atoms with Gasteiger partial charge in [0.15, 0.2) is 0 Å². The van der Waals surface area contributed by atoms with Crippen LogP contribution in [0, 0.1) is 0 Å². The van der Waals surface area contributed by atoms with Gasteiger partial charge in [-0.25, -0.2) is 9.97 Å². The van der Waals surface area contributed by atoms with Crippen molar-refractivity contribution in [1.82, 2.24) is 15.0 Å². The van der Waals surface area contributed by atoms with Gasteiger partial charge in [-0.05, 0) is 30.5 Å². The third-order valence-corrected chi connectivity index (χ3v) is 4.23. The molecule has 0 bridgehead atoms. The Hall–Kier alpha value is -2.07. The molecule has 0 amide bonds. The van der Waals surface area contributed by atoms with Gasteiger partial charge in [0.25, 0.3) is 0 Å². The highest BCUT2D eigenvalue weighted by molar-refractivity contribution is 6.31. The molecule has 0 spiro atoms. The molecule has 5 heteroatoms. The normalized spacial score (nSPS) is 15.0. The first kappa shape index (κ1) is 12.7. The molecule has 4 nitrogen and oxygen atoms in total. The molecule has 0 radical (unpaired) electrons. The van der Waals surface area contributed by atoms with Gasteiger partial charge in [-0.2, -0.15) is 0 Å². The highest BCUT2D eigenvalue weighted by atomic mass is 35.5. The van der Waals surface area contributed by atoms with Crippen LogP contribution in [-0.2, 0) is 0 Å². The summed E-state index contributed by atoms with van der Waals surface area (Å²) < 4.78 is 0. The van der Waals surface area contributed by atoms with E-state index in [0.29, 0.717) is 0 Å². The predicted octanol–water partition coefficient (Wildman–Crippen LogP) is 3.88. The summed E-state index contributed by atoms with van der Waals surface area (Å²) in [5.41, 5.74) is 3.07. The van der Waals surface area contributed by atoms with Gasteiger partial charge < -0.3 is 9.88 Å². The Morgan fingerprint density at radius 1 is 1.14 bits per heavy atom. The number of H-pyrrole nitrogens is 1. The fourth-order valence-corrected chi connectivity index (χ4v) is 3.19. The summed E-state index contributed by atoms with van der Waals surface area (Å²) >= 11 is 6.13. The van der Waals surface area contributed by atoms with Crippen LogP contribution in [0.25, 0.3) is 22.2 Å². The summed E-state index contributed by atoms with van der Waals surface area (Å²) in [6, 6.07) is 7.90. The van der Waals surface area contributed by atoms with Crippen LogP contribution >= 0.6 is 11.6 Å². The molecular formula is C16H15ClN4. The number of nitrogens with one attached hydrogen (secondary N) is 1. The highest BCUT2D eigenvalue weighted by Gasteiger charge is 2.20. The SMILES string of the molecule is Clc1cccc(-c2c[nH]c3ncnc(N4CCCC4)c23)c1. The Labute approximate surface area is 127 Å². The molecule has 21 heavy (non-hydrogen) atoms. The van der Waals surface area contributed by atoms with Gasteiger partial charge in [-0.1, -0.05) is 23.7 Å². The molecular weight excluding hydrogens is 284 g/mol. The minimum Gasteiger partial charge on any atom is -0.356 e. The third-order valence-electron chi connectivity index (χ3n) is 3.99. The van der Waals surface area contributed by atoms with Crippen molar-refractivity contribution in [3.8, 4) is 11.1 Å². The van der Waals surface area contributed by atoms with Gasteiger partial charge >= 0.3 is 0 Å². The maximum Gasteiger partial charge on any atom is 0.143 e. The summed E-state index contributed by atoms with van der Waals surface area (Å²) in [7, 11) is 0. The smallest absolute Gasteiger partial charge is 0.143 e. The number of nitrogens with zero attached hydrogens (tertiary/aromatic N) is 3. The first-order chi connectivity index (χ1) is 10.3. The van der Waals surface area contributed by atoms with E-state index >= 15 is 0 Å². The van der Waals surface area contributed by atoms with Crippen molar-refractivity contribution in [3.05, 3.63) is 41.8 Å². The number of benzene rings is 1. The van der Waals surface area contributed by atoms with Crippen LogP contribution in [0.4, 0.5) is 5.82 Å². The summed E-state index contributed by atoms with van der Waals surface area (Å²) in [5, 5.41) is 1.82. The molecule has 3 heterocycles. The molecule has 0 unspecified atom stereocenters. The first-order valence-corrected chi connectivity index (χ1v) is 7.54. The Bertz CT molecular complexity index is 790. The number of anilines is 1. The Kier molecular flexibility index (Phi) is 3.04. The summed E-state index contributed by atoms with van der Waals surface area (Å²) in [4.78, 5) is 14.5. The van der Waals surface area contributed by atoms with E-state index in [2.05, 4.69) is 25.9 Å². The Morgan fingerprint density at radius 2 is 2.00 bits per heavy atom. The van der Waals surface area contributed by atoms with Crippen molar-refractivity contribution >= 4 is 28.5 Å². The zero-order valence-electron chi connectivity index (χ0n) is 11.5. The van der Waals surface area contributed by atoms with Crippen molar-refractivity contribution in [2.75, 3.05) is 18.0 Å². The van der Waals surface area contributed by atoms with Gasteiger partial charge in [-0.15, -0.1) is 0 Å². The van der Waals surface area contributed by atoms with Crippen molar-refractivity contribution < 1.29 is 0 Å². The molecule has 1 aliphatic heterocycles. The maximum atomic E-state index is 6.13. The number of aromatic nitrogens is 3. The van der Waals surface area contributed by atoms with E-state index in [1.54, 1.807) is 6.33 Å². The average Bonchev–Trinajstić information content (AvgIpc) is 3.16. The molecule has 0 saturated carbocycles. The predicted molar refractivity (Wildman–Crippen MR) is 85.8 cm³/mol. The van der Waals surface area contributed by atoms with E-state index < -0.39 is 0 Å². The largest absolute Gasteiger partial charge is 0.356 e. The minimum atomic E-state index is 0.737. The second-order valence-electron chi connectivity index (χ2n) is 5.33. The van der Waals surface area contributed by atoms with Crippen LogP contribution in [0.2, 0.25) is 5.02 Å². The number of rotatable bonds is 2. The minimum absolute atomic E-state index is 0.737. The van der Waals surface area contributed by atoms with Crippen molar-refractivity contribution in [2.24, 2.45) is 0 Å². The molecule has 1 aromatic carbocycles. The molecule has 4 rings (SSSR count). The third kappa shape index (κ3) is 2.16. The number of halogens is 1. The lowest BCUT2D eigenvalue weighted by atomic mass is 10.1. The van der Waals surface area contributed by atoms with E-state index in [4.69, 9.17) is 11.6 Å². The van der Waals surface area contributed by atoms with Crippen molar-refractivity contribution in [3.63, 3.8) is 0 Å². The zero-order chi connectivity index (χ0) is 14.2. The number of hydrogen-bond acceptors (Lipinski definition) is 3. The van der Waals surface area contributed by atoms with Crippen LogP contribution in [0.3, 0.4) is 0 Å². The molecule has 106 valence electrons. The van der Waals surface area contributed by atoms with E-state index in [0.717, 1.165) is 46.1 Å². The lowest BCUT2D eigenvalue weighted by molar-refractivity contribution is 0.939. The molecule has 1 N–H and O–H groups in total. The second kappa shape index (κ2) is 5.04. The van der Waals surface area contributed by atoms with Crippen LogP contribution in [0.15, 0.2) is 36.8 Å². The monoisotopic (exact) mass is 298 g/mol. The van der Waals surface area contributed by atoms with Gasteiger partial charge in [0.2, 0.25) is 0 Å². The standard InChI is InChI=1S/C16H15ClN4/c17-12-5-3-4-11(8-12)13-9-18-15-14(13)16(20-10-19-15)21-6-1-2-7-21/h3-5,8-10H,1-2,6-7H2,(H,18,19,20). The molecule has 0 atom stereocenters. The fraction of sp³-hybridized carbons (Fsp3) is 0.250. The van der Waals surface area contributed by atoms with Crippen molar-refractivity contribution in [1.29, 1.82) is 0 Å². The second-order valence-corrected chi connectivity index (χ2v) is 5.76. The van der Waals surface area contributed by atoms with Crippen LogP contribution < -0.4 is 4.90 Å². The van der Waals surface area contributed by atoms with Crippen LogP contribution in [0.1, 0.15) is 12.8 Å². The molecule has 3 aromatic rings. The van der Waals surface area contributed by atoms with E-state index in [1.807, 2.05) is 24.4 Å². The number of hydrogen-bond donors (Lipinski definition) is 1. The molecule has 1 fully saturated rings. The first-order valence-electron chi connectivity index (χ1n) is 7.16.